The standard InChI is InChI=1S/C21H24F2N4O4/c1-21(11-28,20(25)30)27-19(29)17(26-2)15-9-13(7-8-16(15)24)31-10-12-5-3-4-6-14(12)18(22)23/h3-9,18,28H,10-11,24H2,1-2H3,(H2,25,30)(H,27,29)/p+1. The topological polar surface area (TPSA) is 142 Å². The van der Waals surface area contributed by atoms with Crippen molar-refractivity contribution in [3.05, 3.63) is 59.2 Å². The number of hydrogen-bond acceptors (Lipinski definition) is 5. The second-order valence-corrected chi connectivity index (χ2v) is 6.97. The number of alkyl halides is 2. The first-order chi connectivity index (χ1) is 14.6. The molecule has 0 saturated carbocycles. The number of amides is 2. The summed E-state index contributed by atoms with van der Waals surface area (Å²) in [5.41, 5.74) is 10.2. The normalized spacial score (nSPS) is 13.5. The molecule has 0 aliphatic rings. The van der Waals surface area contributed by atoms with Gasteiger partial charge >= 0.3 is 5.91 Å². The summed E-state index contributed by atoms with van der Waals surface area (Å²) >= 11 is 0. The van der Waals surface area contributed by atoms with Gasteiger partial charge in [0.05, 0.1) is 12.2 Å². The van der Waals surface area contributed by atoms with Crippen molar-refractivity contribution in [3.63, 3.8) is 0 Å². The molecule has 7 N–H and O–H groups in total. The summed E-state index contributed by atoms with van der Waals surface area (Å²) in [6.45, 7) is 0.465. The van der Waals surface area contributed by atoms with Gasteiger partial charge in [-0.3, -0.25) is 9.59 Å². The number of rotatable bonds is 9. The highest BCUT2D eigenvalue weighted by Gasteiger charge is 2.35. The van der Waals surface area contributed by atoms with Gasteiger partial charge in [0.1, 0.15) is 24.9 Å². The fraction of sp³-hybridized carbons (Fsp3) is 0.286. The van der Waals surface area contributed by atoms with Crippen LogP contribution in [0.1, 0.15) is 30.0 Å². The zero-order valence-corrected chi connectivity index (χ0v) is 17.1. The molecule has 0 fully saturated rings. The van der Waals surface area contributed by atoms with Crippen molar-refractivity contribution in [2.24, 2.45) is 5.73 Å². The van der Waals surface area contributed by atoms with E-state index in [-0.39, 0.29) is 34.9 Å². The van der Waals surface area contributed by atoms with Crippen LogP contribution < -0.4 is 26.5 Å². The van der Waals surface area contributed by atoms with Gasteiger partial charge in [-0.05, 0) is 30.7 Å². The average Bonchev–Trinajstić information content (AvgIpc) is 2.74. The predicted molar refractivity (Wildman–Crippen MR) is 110 cm³/mol. The van der Waals surface area contributed by atoms with Crippen molar-refractivity contribution in [3.8, 4) is 5.75 Å². The first kappa shape index (κ1) is 23.7. The van der Waals surface area contributed by atoms with Gasteiger partial charge in [0.2, 0.25) is 5.91 Å². The monoisotopic (exact) mass is 435 g/mol. The third kappa shape index (κ3) is 5.54. The maximum atomic E-state index is 13.2. The molecule has 31 heavy (non-hydrogen) atoms. The molecule has 0 aliphatic heterocycles. The minimum Gasteiger partial charge on any atom is -0.489 e. The van der Waals surface area contributed by atoms with E-state index >= 15 is 0 Å². The number of nitrogens with one attached hydrogen (secondary N) is 2. The Bertz CT molecular complexity index is 997. The highest BCUT2D eigenvalue weighted by atomic mass is 19.3. The summed E-state index contributed by atoms with van der Waals surface area (Å²) in [5, 5.41) is 11.8. The lowest BCUT2D eigenvalue weighted by molar-refractivity contribution is -0.418. The first-order valence-corrected chi connectivity index (χ1v) is 9.29. The summed E-state index contributed by atoms with van der Waals surface area (Å²) in [4.78, 5) is 27.0. The van der Waals surface area contributed by atoms with Gasteiger partial charge in [0.15, 0.2) is 0 Å². The van der Waals surface area contributed by atoms with Gasteiger partial charge in [0.25, 0.3) is 12.1 Å². The molecule has 1 atom stereocenters. The molecule has 2 aromatic carbocycles. The Hall–Kier alpha value is -3.53. The third-order valence-electron chi connectivity index (χ3n) is 4.71. The van der Waals surface area contributed by atoms with Crippen LogP contribution in [0.4, 0.5) is 14.5 Å². The van der Waals surface area contributed by atoms with Crippen molar-refractivity contribution in [2.45, 2.75) is 25.5 Å². The number of ether oxygens (including phenoxy) is 1. The molecular formula is C21H25F2N4O4+. The van der Waals surface area contributed by atoms with Gasteiger partial charge in [-0.2, -0.15) is 0 Å². The number of aliphatic hydroxyl groups is 1. The molecule has 2 rings (SSSR count). The minimum atomic E-state index is -2.64. The Morgan fingerprint density at radius 3 is 2.52 bits per heavy atom. The van der Waals surface area contributed by atoms with E-state index in [1.165, 1.54) is 50.4 Å². The van der Waals surface area contributed by atoms with Crippen molar-refractivity contribution >= 4 is 23.2 Å². The SMILES string of the molecule is C[NH+]=C(C(=O)NC(C)(CO)C(N)=O)c1cc(OCc2ccccc2C(F)F)ccc1N. The smallest absolute Gasteiger partial charge is 0.317 e. The maximum Gasteiger partial charge on any atom is 0.317 e. The van der Waals surface area contributed by atoms with Crippen LogP contribution in [0, 0.1) is 0 Å². The number of carbonyl (C=O) groups excluding carboxylic acids is 2. The van der Waals surface area contributed by atoms with Gasteiger partial charge < -0.3 is 26.6 Å². The molecule has 0 spiro atoms. The number of halogens is 2. The summed E-state index contributed by atoms with van der Waals surface area (Å²) in [5.74, 6) is -1.36. The molecule has 2 aromatic rings. The Morgan fingerprint density at radius 1 is 1.26 bits per heavy atom. The van der Waals surface area contributed by atoms with E-state index in [0.717, 1.165) is 0 Å². The molecular weight excluding hydrogens is 410 g/mol. The molecule has 8 nitrogen and oxygen atoms in total. The number of anilines is 1. The van der Waals surface area contributed by atoms with E-state index in [4.69, 9.17) is 16.2 Å². The second-order valence-electron chi connectivity index (χ2n) is 6.97. The van der Waals surface area contributed by atoms with Crippen molar-refractivity contribution in [1.82, 2.24) is 5.32 Å². The highest BCUT2D eigenvalue weighted by molar-refractivity contribution is 6.44. The van der Waals surface area contributed by atoms with Crippen molar-refractivity contribution < 1.29 is 33.2 Å². The van der Waals surface area contributed by atoms with Crippen molar-refractivity contribution in [1.29, 1.82) is 0 Å². The maximum absolute atomic E-state index is 13.2. The molecule has 0 aromatic heterocycles. The third-order valence-corrected chi connectivity index (χ3v) is 4.71. The first-order valence-electron chi connectivity index (χ1n) is 9.29. The van der Waals surface area contributed by atoms with E-state index in [1.807, 2.05) is 0 Å². The number of hydrogen-bond donors (Lipinski definition) is 5. The fourth-order valence-electron chi connectivity index (χ4n) is 2.74. The lowest BCUT2D eigenvalue weighted by atomic mass is 10.0. The summed E-state index contributed by atoms with van der Waals surface area (Å²) in [7, 11) is 1.47. The molecule has 0 aliphatic carbocycles. The lowest BCUT2D eigenvalue weighted by Gasteiger charge is -2.24. The summed E-state index contributed by atoms with van der Waals surface area (Å²) in [6, 6.07) is 10.5. The van der Waals surface area contributed by atoms with Gasteiger partial charge in [-0.1, -0.05) is 24.3 Å². The molecule has 10 heteroatoms. The number of aliphatic hydroxyl groups excluding tert-OH is 1. The molecule has 166 valence electrons. The molecule has 0 saturated heterocycles. The number of carbonyl (C=O) groups is 2. The van der Waals surface area contributed by atoms with Crippen LogP contribution in [0.3, 0.4) is 0 Å². The molecule has 0 bridgehead atoms. The average molecular weight is 435 g/mol. The van der Waals surface area contributed by atoms with E-state index in [9.17, 15) is 23.5 Å². The van der Waals surface area contributed by atoms with Crippen LogP contribution in [0.2, 0.25) is 0 Å². The number of nitrogen functional groups attached to an aromatic ring is 1. The van der Waals surface area contributed by atoms with Gasteiger partial charge in [0, 0.05) is 11.3 Å². The number of benzene rings is 2. The zero-order valence-electron chi connectivity index (χ0n) is 17.1. The van der Waals surface area contributed by atoms with Crippen molar-refractivity contribution in [2.75, 3.05) is 19.4 Å². The molecule has 2 amide bonds. The van der Waals surface area contributed by atoms with Gasteiger partial charge in [-0.25, -0.2) is 13.8 Å². The number of nitrogens with two attached hydrogens (primary N) is 2. The Balaban J connectivity index is 2.27. The Labute approximate surface area is 177 Å². The molecule has 1 unspecified atom stereocenters. The van der Waals surface area contributed by atoms with E-state index < -0.39 is 30.4 Å². The minimum absolute atomic E-state index is 0.00291. The van der Waals surface area contributed by atoms with Crippen LogP contribution in [-0.2, 0) is 16.2 Å². The zero-order chi connectivity index (χ0) is 23.2. The van der Waals surface area contributed by atoms with Crippen LogP contribution >= 0.6 is 0 Å². The lowest BCUT2D eigenvalue weighted by Crippen LogP contribution is -2.73. The summed E-state index contributed by atoms with van der Waals surface area (Å²) < 4.78 is 31.9. The van der Waals surface area contributed by atoms with E-state index in [1.54, 1.807) is 6.07 Å². The van der Waals surface area contributed by atoms with E-state index in [0.29, 0.717) is 5.56 Å². The predicted octanol–water partition coefficient (Wildman–Crippen LogP) is -0.363. The van der Waals surface area contributed by atoms with Crippen LogP contribution in [-0.4, -0.2) is 41.8 Å². The van der Waals surface area contributed by atoms with Gasteiger partial charge in [-0.15, -0.1) is 0 Å². The summed E-state index contributed by atoms with van der Waals surface area (Å²) in [6.07, 6.45) is -2.64. The fourth-order valence-corrected chi connectivity index (χ4v) is 2.74. The highest BCUT2D eigenvalue weighted by Crippen LogP contribution is 2.25. The Morgan fingerprint density at radius 2 is 1.94 bits per heavy atom. The second kappa shape index (κ2) is 9.98. The largest absolute Gasteiger partial charge is 0.489 e. The van der Waals surface area contributed by atoms with Crippen LogP contribution in [0.5, 0.6) is 5.75 Å². The van der Waals surface area contributed by atoms with E-state index in [2.05, 4.69) is 10.3 Å². The van der Waals surface area contributed by atoms with Crippen LogP contribution in [0.15, 0.2) is 42.5 Å². The van der Waals surface area contributed by atoms with Crippen LogP contribution in [0.25, 0.3) is 0 Å². The molecule has 0 heterocycles. The molecule has 0 radical (unpaired) electrons. The quantitative estimate of drug-likeness (QED) is 0.270. The Kier molecular flexibility index (Phi) is 7.65. The number of primary amides is 1.